The number of nitrogens with zero attached hydrogens (tertiary/aromatic N) is 2. The first-order valence-electron chi connectivity index (χ1n) is 7.25. The summed E-state index contributed by atoms with van der Waals surface area (Å²) in [5, 5.41) is 0. The van der Waals surface area contributed by atoms with Gasteiger partial charge in [-0.15, -0.1) is 0 Å². The number of piperidine rings is 1. The van der Waals surface area contributed by atoms with Crippen molar-refractivity contribution in [1.29, 1.82) is 0 Å². The Morgan fingerprint density at radius 1 is 1.21 bits per heavy atom. The van der Waals surface area contributed by atoms with Crippen LogP contribution < -0.4 is 0 Å². The highest BCUT2D eigenvalue weighted by molar-refractivity contribution is 5.79. The van der Waals surface area contributed by atoms with Crippen LogP contribution in [0.3, 0.4) is 0 Å². The second-order valence-electron chi connectivity index (χ2n) is 5.48. The fourth-order valence-corrected chi connectivity index (χ4v) is 2.80. The Morgan fingerprint density at radius 2 is 1.84 bits per heavy atom. The second kappa shape index (κ2) is 6.37. The van der Waals surface area contributed by atoms with Gasteiger partial charge in [0.05, 0.1) is 19.6 Å². The Morgan fingerprint density at radius 3 is 2.32 bits per heavy atom. The molecular weight excluding hydrogens is 244 g/mol. The summed E-state index contributed by atoms with van der Waals surface area (Å²) in [6, 6.07) is 0.491. The second-order valence-corrected chi connectivity index (χ2v) is 5.48. The monoisotopic (exact) mass is 268 g/mol. The van der Waals surface area contributed by atoms with E-state index in [4.69, 9.17) is 4.74 Å². The molecule has 5 nitrogen and oxygen atoms in total. The number of likely N-dealkylation sites (N-methyl/N-ethyl adjacent to an activating group) is 1. The zero-order valence-corrected chi connectivity index (χ0v) is 11.9. The summed E-state index contributed by atoms with van der Waals surface area (Å²) in [6.45, 7) is 4.97. The maximum atomic E-state index is 12.2. The summed E-state index contributed by atoms with van der Waals surface area (Å²) < 4.78 is 4.77. The number of ether oxygens (including phenoxy) is 1. The van der Waals surface area contributed by atoms with Crippen molar-refractivity contribution in [2.75, 3.05) is 33.3 Å². The average Bonchev–Trinajstić information content (AvgIpc) is 3.24. The fraction of sp³-hybridized carbons (Fsp3) is 0.857. The maximum absolute atomic E-state index is 12.2. The number of carbonyl (C=O) groups excluding carboxylic acids is 2. The zero-order valence-electron chi connectivity index (χ0n) is 11.9. The lowest BCUT2D eigenvalue weighted by atomic mass is 9.97. The molecule has 1 heterocycles. The largest absolute Gasteiger partial charge is 0.469 e. The van der Waals surface area contributed by atoms with Crippen LogP contribution in [0.1, 0.15) is 32.6 Å². The number of rotatable bonds is 5. The predicted molar refractivity (Wildman–Crippen MR) is 71.6 cm³/mol. The van der Waals surface area contributed by atoms with Crippen LogP contribution in [-0.2, 0) is 14.3 Å². The average molecular weight is 268 g/mol. The van der Waals surface area contributed by atoms with Crippen molar-refractivity contribution < 1.29 is 14.3 Å². The third-order valence-electron chi connectivity index (χ3n) is 4.13. The first kappa shape index (κ1) is 14.3. The lowest BCUT2D eigenvalue weighted by Gasteiger charge is -2.32. The molecule has 108 valence electrons. The Kier molecular flexibility index (Phi) is 4.80. The standard InChI is InChI=1S/C14H24N2O3/c1-3-16(12-4-5-12)13(17)10-15-8-6-11(7-9-15)14(18)19-2/h11-12H,3-10H2,1-2H3. The van der Waals surface area contributed by atoms with Crippen LogP contribution in [0.4, 0.5) is 0 Å². The predicted octanol–water partition coefficient (Wildman–Crippen LogP) is 0.882. The molecule has 1 aliphatic heterocycles. The number of likely N-dealkylation sites (tertiary alicyclic amines) is 1. The molecule has 0 radical (unpaired) electrons. The quantitative estimate of drug-likeness (QED) is 0.695. The molecule has 5 heteroatoms. The van der Waals surface area contributed by atoms with Gasteiger partial charge in [0, 0.05) is 12.6 Å². The van der Waals surface area contributed by atoms with Gasteiger partial charge in [0.1, 0.15) is 0 Å². The van der Waals surface area contributed by atoms with E-state index in [2.05, 4.69) is 4.90 Å². The van der Waals surface area contributed by atoms with Crippen molar-refractivity contribution >= 4 is 11.9 Å². The van der Waals surface area contributed by atoms with Crippen LogP contribution in [0.2, 0.25) is 0 Å². The third-order valence-corrected chi connectivity index (χ3v) is 4.13. The van der Waals surface area contributed by atoms with Crippen LogP contribution in [0, 0.1) is 5.92 Å². The van der Waals surface area contributed by atoms with E-state index in [9.17, 15) is 9.59 Å². The van der Waals surface area contributed by atoms with E-state index in [-0.39, 0.29) is 17.8 Å². The summed E-state index contributed by atoms with van der Waals surface area (Å²) in [7, 11) is 1.44. The van der Waals surface area contributed by atoms with Gasteiger partial charge in [-0.05, 0) is 45.7 Å². The lowest BCUT2D eigenvalue weighted by molar-refractivity contribution is -0.147. The van der Waals surface area contributed by atoms with Gasteiger partial charge in [-0.3, -0.25) is 14.5 Å². The van der Waals surface area contributed by atoms with E-state index >= 15 is 0 Å². The molecule has 1 aliphatic carbocycles. The van der Waals surface area contributed by atoms with Crippen LogP contribution in [0.15, 0.2) is 0 Å². The van der Waals surface area contributed by atoms with Crippen molar-refractivity contribution in [3.05, 3.63) is 0 Å². The molecule has 1 saturated heterocycles. The summed E-state index contributed by atoms with van der Waals surface area (Å²) >= 11 is 0. The Bertz CT molecular complexity index is 334. The molecule has 0 aromatic carbocycles. The van der Waals surface area contributed by atoms with Crippen LogP contribution in [0.25, 0.3) is 0 Å². The molecule has 0 spiro atoms. The molecule has 0 N–H and O–H groups in total. The molecular formula is C14H24N2O3. The molecule has 0 bridgehead atoms. The number of esters is 1. The fourth-order valence-electron chi connectivity index (χ4n) is 2.80. The maximum Gasteiger partial charge on any atom is 0.308 e. The summed E-state index contributed by atoms with van der Waals surface area (Å²) in [5.74, 6) is 0.141. The van der Waals surface area contributed by atoms with Crippen molar-refractivity contribution in [3.8, 4) is 0 Å². The minimum Gasteiger partial charge on any atom is -0.469 e. The molecule has 2 aliphatic rings. The molecule has 1 amide bonds. The van der Waals surface area contributed by atoms with Gasteiger partial charge in [-0.1, -0.05) is 0 Å². The van der Waals surface area contributed by atoms with Gasteiger partial charge in [-0.2, -0.15) is 0 Å². The number of amides is 1. The number of hydrogen-bond acceptors (Lipinski definition) is 4. The number of hydrogen-bond donors (Lipinski definition) is 0. The van der Waals surface area contributed by atoms with Crippen molar-refractivity contribution in [1.82, 2.24) is 9.80 Å². The minimum atomic E-state index is -0.112. The Labute approximate surface area is 114 Å². The molecule has 0 unspecified atom stereocenters. The molecule has 0 atom stereocenters. The Hall–Kier alpha value is -1.10. The van der Waals surface area contributed by atoms with Gasteiger partial charge in [0.25, 0.3) is 0 Å². The van der Waals surface area contributed by atoms with Gasteiger partial charge < -0.3 is 9.64 Å². The highest BCUT2D eigenvalue weighted by Gasteiger charge is 2.33. The summed E-state index contributed by atoms with van der Waals surface area (Å²) in [4.78, 5) is 27.8. The van der Waals surface area contributed by atoms with Crippen LogP contribution in [0.5, 0.6) is 0 Å². The summed E-state index contributed by atoms with van der Waals surface area (Å²) in [6.07, 6.45) is 3.92. The van der Waals surface area contributed by atoms with Gasteiger partial charge in [0.2, 0.25) is 5.91 Å². The highest BCUT2D eigenvalue weighted by Crippen LogP contribution is 2.27. The Balaban J connectivity index is 1.75. The lowest BCUT2D eigenvalue weighted by Crippen LogP contribution is -2.45. The molecule has 2 rings (SSSR count). The van der Waals surface area contributed by atoms with Crippen molar-refractivity contribution in [2.24, 2.45) is 5.92 Å². The van der Waals surface area contributed by atoms with E-state index in [0.29, 0.717) is 12.6 Å². The van der Waals surface area contributed by atoms with E-state index in [0.717, 1.165) is 45.3 Å². The van der Waals surface area contributed by atoms with Crippen LogP contribution >= 0.6 is 0 Å². The topological polar surface area (TPSA) is 49.9 Å². The highest BCUT2D eigenvalue weighted by atomic mass is 16.5. The third kappa shape index (κ3) is 3.69. The minimum absolute atomic E-state index is 0.0158. The molecule has 2 fully saturated rings. The normalized spacial score (nSPS) is 21.2. The molecule has 19 heavy (non-hydrogen) atoms. The van der Waals surface area contributed by atoms with E-state index in [1.165, 1.54) is 7.11 Å². The van der Waals surface area contributed by atoms with E-state index < -0.39 is 0 Å². The zero-order chi connectivity index (χ0) is 13.8. The number of carbonyl (C=O) groups is 2. The SMILES string of the molecule is CCN(C(=O)CN1CCC(C(=O)OC)CC1)C1CC1. The van der Waals surface area contributed by atoms with E-state index in [1.54, 1.807) is 0 Å². The molecule has 1 saturated carbocycles. The van der Waals surface area contributed by atoms with Crippen molar-refractivity contribution in [3.63, 3.8) is 0 Å². The summed E-state index contributed by atoms with van der Waals surface area (Å²) in [5.41, 5.74) is 0. The molecule has 0 aromatic rings. The van der Waals surface area contributed by atoms with E-state index in [1.807, 2.05) is 11.8 Å². The number of methoxy groups -OCH3 is 1. The van der Waals surface area contributed by atoms with Crippen molar-refractivity contribution in [2.45, 2.75) is 38.6 Å². The first-order valence-corrected chi connectivity index (χ1v) is 7.25. The smallest absolute Gasteiger partial charge is 0.308 e. The molecule has 0 aromatic heterocycles. The van der Waals surface area contributed by atoms with Crippen LogP contribution in [-0.4, -0.2) is 61.0 Å². The first-order chi connectivity index (χ1) is 9.15. The van der Waals surface area contributed by atoms with Gasteiger partial charge in [0.15, 0.2) is 0 Å². The van der Waals surface area contributed by atoms with Gasteiger partial charge in [-0.25, -0.2) is 0 Å². The van der Waals surface area contributed by atoms with Gasteiger partial charge >= 0.3 is 5.97 Å².